The molecule has 0 rings (SSSR count). The molecule has 5 nitrogen and oxygen atoms in total. The van der Waals surface area contributed by atoms with Crippen molar-refractivity contribution in [3.05, 3.63) is 0 Å². The number of hydrogen-bond donors (Lipinski definition) is 0. The van der Waals surface area contributed by atoms with E-state index in [-0.39, 0.29) is 23.9 Å². The molecule has 0 aliphatic carbocycles. The summed E-state index contributed by atoms with van der Waals surface area (Å²) in [7, 11) is 0. The molecule has 0 N–H and O–H groups in total. The van der Waals surface area contributed by atoms with Gasteiger partial charge in [-0.1, -0.05) is 6.92 Å². The number of carbonyl (C=O) groups is 4. The molecule has 0 spiro atoms. The lowest BCUT2D eigenvalue weighted by atomic mass is 10.1. The number of ether oxygens (including phenoxy) is 1. The number of ketones is 2. The summed E-state index contributed by atoms with van der Waals surface area (Å²) >= 11 is 0. The minimum Gasteiger partial charge on any atom is -0.466 e. The molecule has 0 aliphatic rings. The standard InChI is InChI=1S/C6H10O3.C6H10O2/c1-3-9-6(8)4-5(2)7;1-5(4-7)3-6(2)8/h3-4H2,1-2H3;4-5H,3H2,1-2H3. The predicted octanol–water partition coefficient (Wildman–Crippen LogP) is 1.33. The second-order valence-electron chi connectivity index (χ2n) is 3.70. The summed E-state index contributed by atoms with van der Waals surface area (Å²) in [6, 6.07) is 0. The number of esters is 1. The van der Waals surface area contributed by atoms with Crippen LogP contribution in [-0.4, -0.2) is 30.4 Å². The van der Waals surface area contributed by atoms with Crippen LogP contribution in [0.5, 0.6) is 0 Å². The molecule has 0 aromatic heterocycles. The van der Waals surface area contributed by atoms with Crippen molar-refractivity contribution in [2.75, 3.05) is 6.61 Å². The van der Waals surface area contributed by atoms with E-state index in [1.54, 1.807) is 13.8 Å². The first kappa shape index (κ1) is 17.9. The number of rotatable bonds is 6. The number of carbonyl (C=O) groups excluding carboxylic acids is 4. The van der Waals surface area contributed by atoms with Gasteiger partial charge in [-0.25, -0.2) is 0 Å². The SMILES string of the molecule is CC(=O)CC(C)C=O.CCOC(=O)CC(C)=O. The molecule has 98 valence electrons. The summed E-state index contributed by atoms with van der Waals surface area (Å²) in [6.45, 7) is 6.62. The first-order valence-corrected chi connectivity index (χ1v) is 5.43. The van der Waals surface area contributed by atoms with E-state index in [4.69, 9.17) is 0 Å². The van der Waals surface area contributed by atoms with Crippen LogP contribution < -0.4 is 0 Å². The van der Waals surface area contributed by atoms with Gasteiger partial charge in [0.05, 0.1) is 6.61 Å². The third-order valence-electron chi connectivity index (χ3n) is 1.54. The van der Waals surface area contributed by atoms with Crippen LogP contribution in [0.15, 0.2) is 0 Å². The van der Waals surface area contributed by atoms with E-state index in [1.807, 2.05) is 0 Å². The molecule has 0 aromatic rings. The Bertz CT molecular complexity index is 270. The molecule has 0 fully saturated rings. The maximum atomic E-state index is 10.4. The molecule has 0 radical (unpaired) electrons. The highest BCUT2D eigenvalue weighted by Crippen LogP contribution is 1.96. The minimum absolute atomic E-state index is 0.0737. The minimum atomic E-state index is -0.440. The van der Waals surface area contributed by atoms with Gasteiger partial charge in [-0.2, -0.15) is 0 Å². The van der Waals surface area contributed by atoms with Crippen molar-refractivity contribution in [1.82, 2.24) is 0 Å². The van der Waals surface area contributed by atoms with Crippen LogP contribution in [0.1, 0.15) is 40.5 Å². The van der Waals surface area contributed by atoms with Crippen molar-refractivity contribution in [1.29, 1.82) is 0 Å². The average molecular weight is 244 g/mol. The topological polar surface area (TPSA) is 77.5 Å². The third kappa shape index (κ3) is 17.1. The second-order valence-corrected chi connectivity index (χ2v) is 3.70. The molecule has 0 heterocycles. The van der Waals surface area contributed by atoms with Gasteiger partial charge in [-0.3, -0.25) is 9.59 Å². The van der Waals surface area contributed by atoms with Crippen molar-refractivity contribution < 1.29 is 23.9 Å². The van der Waals surface area contributed by atoms with Crippen molar-refractivity contribution in [3.63, 3.8) is 0 Å². The van der Waals surface area contributed by atoms with Crippen LogP contribution in [0, 0.1) is 5.92 Å². The largest absolute Gasteiger partial charge is 0.466 e. The van der Waals surface area contributed by atoms with E-state index in [2.05, 4.69) is 4.74 Å². The summed E-state index contributed by atoms with van der Waals surface area (Å²) in [6.07, 6.45) is 1.07. The third-order valence-corrected chi connectivity index (χ3v) is 1.54. The van der Waals surface area contributed by atoms with Gasteiger partial charge in [0.2, 0.25) is 0 Å². The van der Waals surface area contributed by atoms with E-state index < -0.39 is 5.97 Å². The van der Waals surface area contributed by atoms with Crippen LogP contribution in [-0.2, 0) is 23.9 Å². The van der Waals surface area contributed by atoms with Gasteiger partial charge >= 0.3 is 5.97 Å². The Morgan fingerprint density at radius 2 is 1.71 bits per heavy atom. The lowest BCUT2D eigenvalue weighted by molar-refractivity contribution is -0.145. The van der Waals surface area contributed by atoms with Crippen LogP contribution in [0.3, 0.4) is 0 Å². The van der Waals surface area contributed by atoms with Crippen LogP contribution in [0.25, 0.3) is 0 Å². The molecule has 0 bridgehead atoms. The monoisotopic (exact) mass is 244 g/mol. The number of hydrogen-bond acceptors (Lipinski definition) is 5. The molecular weight excluding hydrogens is 224 g/mol. The summed E-state index contributed by atoms with van der Waals surface area (Å²) in [5, 5.41) is 0. The van der Waals surface area contributed by atoms with Crippen LogP contribution in [0.2, 0.25) is 0 Å². The molecule has 1 unspecified atom stereocenters. The molecule has 17 heavy (non-hydrogen) atoms. The van der Waals surface area contributed by atoms with Gasteiger partial charge in [0, 0.05) is 12.3 Å². The van der Waals surface area contributed by atoms with Gasteiger partial charge in [0.1, 0.15) is 24.3 Å². The molecule has 0 aromatic carbocycles. The quantitative estimate of drug-likeness (QED) is 0.400. The van der Waals surface area contributed by atoms with Crippen molar-refractivity contribution in [2.24, 2.45) is 5.92 Å². The highest BCUT2D eigenvalue weighted by molar-refractivity contribution is 5.94. The maximum Gasteiger partial charge on any atom is 0.313 e. The number of aldehydes is 1. The van der Waals surface area contributed by atoms with E-state index >= 15 is 0 Å². The van der Waals surface area contributed by atoms with Crippen molar-refractivity contribution >= 4 is 23.8 Å². The Morgan fingerprint density at radius 1 is 1.18 bits per heavy atom. The molecule has 0 aliphatic heterocycles. The zero-order valence-corrected chi connectivity index (χ0v) is 10.8. The lowest BCUT2D eigenvalue weighted by Gasteiger charge is -1.96. The van der Waals surface area contributed by atoms with E-state index in [1.165, 1.54) is 13.8 Å². The smallest absolute Gasteiger partial charge is 0.313 e. The first-order valence-electron chi connectivity index (χ1n) is 5.43. The highest BCUT2D eigenvalue weighted by Gasteiger charge is 2.03. The Hall–Kier alpha value is -1.52. The van der Waals surface area contributed by atoms with Gasteiger partial charge in [-0.15, -0.1) is 0 Å². The van der Waals surface area contributed by atoms with Gasteiger partial charge < -0.3 is 14.3 Å². The fourth-order valence-corrected chi connectivity index (χ4v) is 0.917. The lowest BCUT2D eigenvalue weighted by Crippen LogP contribution is -2.07. The zero-order chi connectivity index (χ0) is 13.8. The van der Waals surface area contributed by atoms with E-state index in [9.17, 15) is 19.2 Å². The predicted molar refractivity (Wildman–Crippen MR) is 62.5 cm³/mol. The molecule has 1 atom stereocenters. The normalized spacial score (nSPS) is 10.6. The Balaban J connectivity index is 0. The summed E-state index contributed by atoms with van der Waals surface area (Å²) in [5.41, 5.74) is 0. The van der Waals surface area contributed by atoms with Gasteiger partial charge in [0.25, 0.3) is 0 Å². The molecule has 0 saturated heterocycles. The van der Waals surface area contributed by atoms with E-state index in [0.717, 1.165) is 6.29 Å². The van der Waals surface area contributed by atoms with Crippen molar-refractivity contribution in [3.8, 4) is 0 Å². The summed E-state index contributed by atoms with van der Waals surface area (Å²) in [4.78, 5) is 40.8. The average Bonchev–Trinajstić information content (AvgIpc) is 2.16. The van der Waals surface area contributed by atoms with E-state index in [0.29, 0.717) is 13.0 Å². The fraction of sp³-hybridized carbons (Fsp3) is 0.667. The highest BCUT2D eigenvalue weighted by atomic mass is 16.5. The zero-order valence-electron chi connectivity index (χ0n) is 10.8. The molecule has 0 saturated carbocycles. The van der Waals surface area contributed by atoms with Gasteiger partial charge in [0.15, 0.2) is 0 Å². The van der Waals surface area contributed by atoms with Gasteiger partial charge in [-0.05, 0) is 20.8 Å². The fourth-order valence-electron chi connectivity index (χ4n) is 0.917. The first-order chi connectivity index (χ1) is 7.83. The number of Topliss-reactive ketones (excluding diaryl/α,β-unsaturated/α-hetero) is 2. The molecule has 0 amide bonds. The molecule has 5 heteroatoms. The van der Waals surface area contributed by atoms with Crippen molar-refractivity contribution in [2.45, 2.75) is 40.5 Å². The summed E-state index contributed by atoms with van der Waals surface area (Å²) in [5.74, 6) is -0.629. The maximum absolute atomic E-state index is 10.4. The summed E-state index contributed by atoms with van der Waals surface area (Å²) < 4.78 is 4.49. The van der Waals surface area contributed by atoms with Crippen LogP contribution >= 0.6 is 0 Å². The molecular formula is C12H20O5. The Morgan fingerprint density at radius 3 is 1.94 bits per heavy atom. The van der Waals surface area contributed by atoms with Crippen LogP contribution in [0.4, 0.5) is 0 Å². The second kappa shape index (κ2) is 11.0. The Labute approximate surface area is 102 Å². The Kier molecular flexibility index (Phi) is 11.5.